The summed E-state index contributed by atoms with van der Waals surface area (Å²) in [6, 6.07) is 79.4. The van der Waals surface area contributed by atoms with Crippen LogP contribution < -0.4 is 0 Å². The fourth-order valence-corrected chi connectivity index (χ4v) is 9.84. The summed E-state index contributed by atoms with van der Waals surface area (Å²) in [6.07, 6.45) is 0. The van der Waals surface area contributed by atoms with Gasteiger partial charge in [-0.25, -0.2) is 0 Å². The monoisotopic (exact) mass is 776 g/mol. The van der Waals surface area contributed by atoms with Crippen molar-refractivity contribution in [2.24, 2.45) is 0 Å². The first kappa shape index (κ1) is 33.8. The lowest BCUT2D eigenvalue weighted by molar-refractivity contribution is 0.669. The fraction of sp³-hybridized carbons (Fsp3) is 0. The van der Waals surface area contributed by atoms with E-state index in [0.29, 0.717) is 0 Å². The Morgan fingerprint density at radius 1 is 0.279 bits per heavy atom. The lowest BCUT2D eigenvalue weighted by Crippen LogP contribution is -1.94. The van der Waals surface area contributed by atoms with E-state index < -0.39 is 0 Å². The summed E-state index contributed by atoms with van der Waals surface area (Å²) in [7, 11) is 0. The van der Waals surface area contributed by atoms with E-state index in [1.165, 1.54) is 82.2 Å². The van der Waals surface area contributed by atoms with Gasteiger partial charge in [-0.1, -0.05) is 133 Å². The largest absolute Gasteiger partial charge is 0.456 e. The van der Waals surface area contributed by atoms with Crippen molar-refractivity contribution >= 4 is 76.3 Å². The highest BCUT2D eigenvalue weighted by Gasteiger charge is 2.19. The molecule has 0 amide bonds. The SMILES string of the molecule is c1ccc(-n2c3ccccc3c3cc(-c4ccc5c(c4)c4cc(-c6cccc7oc8ccccc8c67)ccc4n5-c4ccc(-c5ccc6ccccc6c5)cc4)ccc32)cc1. The molecule has 3 heterocycles. The maximum atomic E-state index is 6.34. The molecule has 0 unspecified atom stereocenters. The Morgan fingerprint density at radius 3 is 1.54 bits per heavy atom. The summed E-state index contributed by atoms with van der Waals surface area (Å²) in [5, 5.41) is 9.69. The zero-order valence-corrected chi connectivity index (χ0v) is 33.1. The van der Waals surface area contributed by atoms with Crippen molar-refractivity contribution < 1.29 is 4.42 Å². The number of furan rings is 1. The van der Waals surface area contributed by atoms with Gasteiger partial charge >= 0.3 is 0 Å². The molecule has 61 heavy (non-hydrogen) atoms. The molecule has 0 saturated carbocycles. The smallest absolute Gasteiger partial charge is 0.136 e. The van der Waals surface area contributed by atoms with Gasteiger partial charge in [0.2, 0.25) is 0 Å². The van der Waals surface area contributed by atoms with E-state index in [-0.39, 0.29) is 0 Å². The first-order valence-electron chi connectivity index (χ1n) is 20.9. The average molecular weight is 777 g/mol. The molecule has 0 spiro atoms. The first-order valence-corrected chi connectivity index (χ1v) is 20.9. The summed E-state index contributed by atoms with van der Waals surface area (Å²) >= 11 is 0. The van der Waals surface area contributed by atoms with E-state index in [4.69, 9.17) is 4.42 Å². The van der Waals surface area contributed by atoms with Gasteiger partial charge in [0.1, 0.15) is 11.2 Å². The summed E-state index contributed by atoms with van der Waals surface area (Å²) < 4.78 is 11.1. The average Bonchev–Trinajstić information content (AvgIpc) is 3.99. The number of hydrogen-bond acceptors (Lipinski definition) is 1. The summed E-state index contributed by atoms with van der Waals surface area (Å²) in [6.45, 7) is 0. The van der Waals surface area contributed by atoms with Crippen LogP contribution in [0.2, 0.25) is 0 Å². The molecular formula is C58H36N2O. The van der Waals surface area contributed by atoms with Crippen LogP contribution in [0.15, 0.2) is 223 Å². The third-order valence-corrected chi connectivity index (χ3v) is 12.7. The third-order valence-electron chi connectivity index (χ3n) is 12.7. The third kappa shape index (κ3) is 5.24. The second-order valence-electron chi connectivity index (χ2n) is 16.1. The van der Waals surface area contributed by atoms with Crippen LogP contribution in [-0.2, 0) is 0 Å². The van der Waals surface area contributed by atoms with Crippen LogP contribution in [0.5, 0.6) is 0 Å². The maximum absolute atomic E-state index is 6.34. The van der Waals surface area contributed by atoms with Gasteiger partial charge in [-0.3, -0.25) is 0 Å². The van der Waals surface area contributed by atoms with Crippen LogP contribution in [0, 0.1) is 0 Å². The standard InChI is InChI=1S/C58H36N2O/c1-2-13-44(14-3-1)59-52-18-8-6-15-47(52)49-34-41(25-30-53(49)59)42-26-31-54-50(35-42)51-36-43(46-17-10-20-57-58(46)48-16-7-9-19-56(48)61-57)27-32-55(51)60(54)45-28-23-38(24-29-45)40-22-21-37-11-4-5-12-39(37)33-40/h1-36H. The molecule has 0 aliphatic rings. The van der Waals surface area contributed by atoms with Gasteiger partial charge in [0.15, 0.2) is 0 Å². The highest BCUT2D eigenvalue weighted by atomic mass is 16.3. The molecule has 0 aliphatic carbocycles. The fourth-order valence-electron chi connectivity index (χ4n) is 9.84. The Labute approximate surface area is 351 Å². The predicted octanol–water partition coefficient (Wildman–Crippen LogP) is 15.9. The van der Waals surface area contributed by atoms with E-state index in [1.807, 2.05) is 6.07 Å². The Bertz CT molecular complexity index is 3860. The molecular weight excluding hydrogens is 741 g/mol. The van der Waals surface area contributed by atoms with E-state index in [9.17, 15) is 0 Å². The van der Waals surface area contributed by atoms with Gasteiger partial charge in [0.25, 0.3) is 0 Å². The lowest BCUT2D eigenvalue weighted by Gasteiger charge is -2.11. The molecule has 10 aromatic carbocycles. The second kappa shape index (κ2) is 13.2. The van der Waals surface area contributed by atoms with Gasteiger partial charge in [-0.2, -0.15) is 0 Å². The normalized spacial score (nSPS) is 11.9. The van der Waals surface area contributed by atoms with Gasteiger partial charge in [0.05, 0.1) is 22.1 Å². The number of fused-ring (bicyclic) bond motifs is 10. The van der Waals surface area contributed by atoms with E-state index in [1.54, 1.807) is 0 Å². The van der Waals surface area contributed by atoms with Crippen LogP contribution >= 0.6 is 0 Å². The maximum Gasteiger partial charge on any atom is 0.136 e. The van der Waals surface area contributed by atoms with Crippen LogP contribution in [0.4, 0.5) is 0 Å². The van der Waals surface area contributed by atoms with Crippen molar-refractivity contribution in [2.75, 3.05) is 0 Å². The lowest BCUT2D eigenvalue weighted by atomic mass is 9.97. The molecule has 0 fully saturated rings. The Morgan fingerprint density at radius 2 is 0.787 bits per heavy atom. The van der Waals surface area contributed by atoms with Gasteiger partial charge in [-0.05, 0) is 129 Å². The molecule has 13 aromatic rings. The molecule has 0 atom stereocenters. The van der Waals surface area contributed by atoms with Crippen molar-refractivity contribution in [2.45, 2.75) is 0 Å². The van der Waals surface area contributed by atoms with Gasteiger partial charge in [0, 0.05) is 43.7 Å². The Hall–Kier alpha value is -8.14. The minimum absolute atomic E-state index is 0.902. The van der Waals surface area contributed by atoms with Crippen LogP contribution in [-0.4, -0.2) is 9.13 Å². The Kier molecular flexibility index (Phi) is 7.31. The molecule has 284 valence electrons. The molecule has 0 bridgehead atoms. The molecule has 3 aromatic heterocycles. The van der Waals surface area contributed by atoms with Gasteiger partial charge < -0.3 is 13.6 Å². The number of benzene rings is 10. The zero-order chi connectivity index (χ0) is 40.0. The van der Waals surface area contributed by atoms with Crippen molar-refractivity contribution in [1.82, 2.24) is 9.13 Å². The van der Waals surface area contributed by atoms with Crippen molar-refractivity contribution in [1.29, 1.82) is 0 Å². The topological polar surface area (TPSA) is 23.0 Å². The summed E-state index contributed by atoms with van der Waals surface area (Å²) in [5.41, 5.74) is 16.0. The van der Waals surface area contributed by atoms with Crippen LogP contribution in [0.1, 0.15) is 0 Å². The second-order valence-corrected chi connectivity index (χ2v) is 16.1. The van der Waals surface area contributed by atoms with Crippen molar-refractivity contribution in [3.8, 4) is 44.8 Å². The number of hydrogen-bond donors (Lipinski definition) is 0. The molecule has 0 aliphatic heterocycles. The molecule has 3 heteroatoms. The Balaban J connectivity index is 1.01. The zero-order valence-electron chi connectivity index (χ0n) is 33.1. The minimum Gasteiger partial charge on any atom is -0.456 e. The predicted molar refractivity (Wildman–Crippen MR) is 256 cm³/mol. The summed E-state index contributed by atoms with van der Waals surface area (Å²) in [4.78, 5) is 0. The van der Waals surface area contributed by atoms with E-state index >= 15 is 0 Å². The number of para-hydroxylation sites is 3. The minimum atomic E-state index is 0.902. The summed E-state index contributed by atoms with van der Waals surface area (Å²) in [5.74, 6) is 0. The molecule has 0 saturated heterocycles. The molecule has 0 N–H and O–H groups in total. The van der Waals surface area contributed by atoms with E-state index in [2.05, 4.69) is 221 Å². The molecule has 0 radical (unpaired) electrons. The quantitative estimate of drug-likeness (QED) is 0.171. The van der Waals surface area contributed by atoms with Crippen molar-refractivity contribution in [3.63, 3.8) is 0 Å². The molecule has 13 rings (SSSR count). The van der Waals surface area contributed by atoms with Gasteiger partial charge in [-0.15, -0.1) is 0 Å². The first-order chi connectivity index (χ1) is 30.2. The highest BCUT2D eigenvalue weighted by molar-refractivity contribution is 6.16. The number of aromatic nitrogens is 2. The van der Waals surface area contributed by atoms with Crippen LogP contribution in [0.25, 0.3) is 121 Å². The number of rotatable bonds is 5. The van der Waals surface area contributed by atoms with Crippen LogP contribution in [0.3, 0.4) is 0 Å². The van der Waals surface area contributed by atoms with Crippen molar-refractivity contribution in [3.05, 3.63) is 218 Å². The molecule has 3 nitrogen and oxygen atoms in total. The highest BCUT2D eigenvalue weighted by Crippen LogP contribution is 2.42. The number of nitrogens with zero attached hydrogens (tertiary/aromatic N) is 2. The van der Waals surface area contributed by atoms with E-state index in [0.717, 1.165) is 38.9 Å².